The fourth-order valence-electron chi connectivity index (χ4n) is 2.67. The molecule has 0 aliphatic carbocycles. The van der Waals surface area contributed by atoms with Crippen LogP contribution in [0, 0.1) is 0 Å². The van der Waals surface area contributed by atoms with Crippen LogP contribution in [0.25, 0.3) is 29.1 Å². The minimum absolute atomic E-state index is 1.08. The van der Waals surface area contributed by atoms with E-state index in [1.807, 2.05) is 36.4 Å². The highest BCUT2D eigenvalue weighted by molar-refractivity contribution is 5.75. The third kappa shape index (κ3) is 2.49. The quantitative estimate of drug-likeness (QED) is 0.599. The predicted molar refractivity (Wildman–Crippen MR) is 93.6 cm³/mol. The fourth-order valence-corrected chi connectivity index (χ4v) is 2.67. The van der Waals surface area contributed by atoms with E-state index in [0.717, 1.165) is 28.1 Å². The van der Waals surface area contributed by atoms with Gasteiger partial charge in [0, 0.05) is 23.8 Å². The lowest BCUT2D eigenvalue weighted by Gasteiger charge is -2.09. The predicted octanol–water partition coefficient (Wildman–Crippen LogP) is 4.92. The molecule has 0 spiro atoms. The van der Waals surface area contributed by atoms with Gasteiger partial charge in [-0.1, -0.05) is 61.7 Å². The SMILES string of the molecule is C=Cc1cc[n+](-c2ccccc2)c(-c2ccccc2)c1C=C. The van der Waals surface area contributed by atoms with Crippen LogP contribution in [0.2, 0.25) is 0 Å². The van der Waals surface area contributed by atoms with Crippen molar-refractivity contribution in [2.45, 2.75) is 0 Å². The molecule has 22 heavy (non-hydrogen) atoms. The first-order valence-electron chi connectivity index (χ1n) is 7.29. The highest BCUT2D eigenvalue weighted by Crippen LogP contribution is 2.25. The molecule has 0 atom stereocenters. The molecule has 0 unspecified atom stereocenters. The Kier molecular flexibility index (Phi) is 3.97. The van der Waals surface area contributed by atoms with Gasteiger partial charge in [0.25, 0.3) is 0 Å². The second kappa shape index (κ2) is 6.23. The summed E-state index contributed by atoms with van der Waals surface area (Å²) in [6.07, 6.45) is 5.86. The molecule has 0 aliphatic heterocycles. The van der Waals surface area contributed by atoms with E-state index in [1.165, 1.54) is 0 Å². The number of hydrogen-bond donors (Lipinski definition) is 0. The molecule has 0 saturated carbocycles. The Morgan fingerprint density at radius 1 is 0.727 bits per heavy atom. The second-order valence-electron chi connectivity index (χ2n) is 5.01. The number of aromatic nitrogens is 1. The molecule has 3 aromatic rings. The summed E-state index contributed by atoms with van der Waals surface area (Å²) in [6.45, 7) is 7.92. The Balaban J connectivity index is 2.36. The van der Waals surface area contributed by atoms with Gasteiger partial charge in [-0.2, -0.15) is 4.57 Å². The lowest BCUT2D eigenvalue weighted by atomic mass is 10.00. The molecule has 0 bridgehead atoms. The van der Waals surface area contributed by atoms with Crippen LogP contribution in [0.3, 0.4) is 0 Å². The van der Waals surface area contributed by atoms with Crippen LogP contribution in [0.1, 0.15) is 11.1 Å². The monoisotopic (exact) mass is 284 g/mol. The zero-order valence-electron chi connectivity index (χ0n) is 12.4. The number of hydrogen-bond acceptors (Lipinski definition) is 0. The van der Waals surface area contributed by atoms with Crippen molar-refractivity contribution in [3.05, 3.63) is 97.2 Å². The van der Waals surface area contributed by atoms with Gasteiger partial charge >= 0.3 is 0 Å². The summed E-state index contributed by atoms with van der Waals surface area (Å²) in [5, 5.41) is 0. The molecule has 106 valence electrons. The van der Waals surface area contributed by atoms with Crippen LogP contribution in [0.5, 0.6) is 0 Å². The lowest BCUT2D eigenvalue weighted by Crippen LogP contribution is -2.34. The van der Waals surface area contributed by atoms with Crippen molar-refractivity contribution in [3.63, 3.8) is 0 Å². The average Bonchev–Trinajstić information content (AvgIpc) is 2.61. The van der Waals surface area contributed by atoms with E-state index in [0.29, 0.717) is 0 Å². The van der Waals surface area contributed by atoms with Crippen LogP contribution in [-0.2, 0) is 0 Å². The molecular formula is C21H18N+. The van der Waals surface area contributed by atoms with Gasteiger partial charge in [-0.3, -0.25) is 0 Å². The highest BCUT2D eigenvalue weighted by Gasteiger charge is 2.20. The minimum atomic E-state index is 1.08. The summed E-state index contributed by atoms with van der Waals surface area (Å²) in [5.74, 6) is 0. The molecule has 1 heteroatoms. The van der Waals surface area contributed by atoms with E-state index in [4.69, 9.17) is 0 Å². The highest BCUT2D eigenvalue weighted by atomic mass is 15.0. The summed E-state index contributed by atoms with van der Waals surface area (Å²) in [6, 6.07) is 22.8. The maximum Gasteiger partial charge on any atom is 0.226 e. The van der Waals surface area contributed by atoms with E-state index in [2.05, 4.69) is 66.4 Å². The van der Waals surface area contributed by atoms with Gasteiger partial charge in [-0.15, -0.1) is 0 Å². The molecule has 0 N–H and O–H groups in total. The van der Waals surface area contributed by atoms with Gasteiger partial charge in [-0.25, -0.2) is 0 Å². The summed E-state index contributed by atoms with van der Waals surface area (Å²) in [4.78, 5) is 0. The van der Waals surface area contributed by atoms with E-state index in [1.54, 1.807) is 0 Å². The molecule has 0 radical (unpaired) electrons. The van der Waals surface area contributed by atoms with Crippen molar-refractivity contribution < 1.29 is 4.57 Å². The van der Waals surface area contributed by atoms with Gasteiger partial charge in [0.2, 0.25) is 11.4 Å². The van der Waals surface area contributed by atoms with Crippen LogP contribution in [-0.4, -0.2) is 0 Å². The maximum atomic E-state index is 4.00. The van der Waals surface area contributed by atoms with Crippen LogP contribution in [0.4, 0.5) is 0 Å². The number of pyridine rings is 1. The third-order valence-corrected chi connectivity index (χ3v) is 3.72. The third-order valence-electron chi connectivity index (χ3n) is 3.72. The van der Waals surface area contributed by atoms with E-state index in [-0.39, 0.29) is 0 Å². The molecule has 3 rings (SSSR count). The van der Waals surface area contributed by atoms with Crippen LogP contribution < -0.4 is 4.57 Å². The smallest absolute Gasteiger partial charge is 0.159 e. The zero-order valence-corrected chi connectivity index (χ0v) is 12.4. The molecular weight excluding hydrogens is 266 g/mol. The van der Waals surface area contributed by atoms with Crippen LogP contribution in [0.15, 0.2) is 86.1 Å². The van der Waals surface area contributed by atoms with E-state index in [9.17, 15) is 0 Å². The first-order chi connectivity index (χ1) is 10.8. The number of para-hydroxylation sites is 1. The first kappa shape index (κ1) is 14.0. The molecule has 1 aromatic heterocycles. The van der Waals surface area contributed by atoms with Crippen molar-refractivity contribution >= 4 is 12.2 Å². The van der Waals surface area contributed by atoms with Crippen molar-refractivity contribution in [3.8, 4) is 16.9 Å². The van der Waals surface area contributed by atoms with E-state index >= 15 is 0 Å². The molecule has 1 heterocycles. The molecule has 0 amide bonds. The van der Waals surface area contributed by atoms with E-state index < -0.39 is 0 Å². The zero-order chi connectivity index (χ0) is 15.4. The normalized spacial score (nSPS) is 10.2. The topological polar surface area (TPSA) is 3.88 Å². The van der Waals surface area contributed by atoms with Gasteiger partial charge in [0.05, 0.1) is 5.56 Å². The maximum absolute atomic E-state index is 4.00. The Morgan fingerprint density at radius 2 is 1.36 bits per heavy atom. The molecule has 2 aromatic carbocycles. The summed E-state index contributed by atoms with van der Waals surface area (Å²) >= 11 is 0. The van der Waals surface area contributed by atoms with Crippen molar-refractivity contribution in [2.24, 2.45) is 0 Å². The number of benzene rings is 2. The van der Waals surface area contributed by atoms with Gasteiger partial charge < -0.3 is 0 Å². The number of nitrogens with zero attached hydrogens (tertiary/aromatic N) is 1. The number of rotatable bonds is 4. The molecule has 0 saturated heterocycles. The molecule has 0 fully saturated rings. The summed E-state index contributed by atoms with van der Waals surface area (Å²) in [5.41, 5.74) is 5.58. The lowest BCUT2D eigenvalue weighted by molar-refractivity contribution is -0.584. The Bertz CT molecular complexity index is 802. The van der Waals surface area contributed by atoms with Crippen molar-refractivity contribution in [2.75, 3.05) is 0 Å². The largest absolute Gasteiger partial charge is 0.226 e. The van der Waals surface area contributed by atoms with Crippen molar-refractivity contribution in [1.82, 2.24) is 0 Å². The minimum Gasteiger partial charge on any atom is -0.159 e. The summed E-state index contributed by atoms with van der Waals surface area (Å²) in [7, 11) is 0. The van der Waals surface area contributed by atoms with Crippen LogP contribution >= 0.6 is 0 Å². The summed E-state index contributed by atoms with van der Waals surface area (Å²) < 4.78 is 2.19. The van der Waals surface area contributed by atoms with Gasteiger partial charge in [-0.05, 0) is 17.7 Å². The van der Waals surface area contributed by atoms with Crippen molar-refractivity contribution in [1.29, 1.82) is 0 Å². The Morgan fingerprint density at radius 3 is 1.95 bits per heavy atom. The van der Waals surface area contributed by atoms with Gasteiger partial charge in [0.1, 0.15) is 0 Å². The Hall–Kier alpha value is -2.93. The average molecular weight is 284 g/mol. The molecule has 1 nitrogen and oxygen atoms in total. The fraction of sp³-hybridized carbons (Fsp3) is 0. The first-order valence-corrected chi connectivity index (χ1v) is 7.29. The Labute approximate surface area is 131 Å². The molecule has 0 aliphatic rings. The second-order valence-corrected chi connectivity index (χ2v) is 5.01. The standard InChI is InChI=1S/C21H18N/c1-3-17-15-16-22(19-13-9-6-10-14-19)21(20(17)4-2)18-11-7-5-8-12-18/h3-16H,1-2H2/q+1. The van der Waals surface area contributed by atoms with Gasteiger partial charge in [0.15, 0.2) is 6.20 Å².